The molecule has 2 saturated heterocycles. The molecule has 1 aromatic carbocycles. The van der Waals surface area contributed by atoms with Gasteiger partial charge in [-0.3, -0.25) is 4.79 Å². The van der Waals surface area contributed by atoms with E-state index in [2.05, 4.69) is 50.4 Å². The van der Waals surface area contributed by atoms with E-state index in [-0.39, 0.29) is 11.3 Å². The third-order valence-electron chi connectivity index (χ3n) is 4.91. The van der Waals surface area contributed by atoms with Crippen LogP contribution in [0.5, 0.6) is 0 Å². The minimum absolute atomic E-state index is 0.178. The maximum Gasteiger partial charge on any atom is 0.141 e. The number of hydrogen-bond donors (Lipinski definition) is 1. The van der Waals surface area contributed by atoms with E-state index in [0.29, 0.717) is 24.3 Å². The molecule has 3 atom stereocenters. The van der Waals surface area contributed by atoms with Gasteiger partial charge in [-0.25, -0.2) is 0 Å². The van der Waals surface area contributed by atoms with Crippen LogP contribution in [-0.2, 0) is 16.6 Å². The normalized spacial score (nSPS) is 28.9. The molecular formula is C18H25NO. The molecule has 108 valence electrons. The van der Waals surface area contributed by atoms with Crippen molar-refractivity contribution in [3.05, 3.63) is 35.4 Å². The smallest absolute Gasteiger partial charge is 0.141 e. The van der Waals surface area contributed by atoms with E-state index < -0.39 is 0 Å². The summed E-state index contributed by atoms with van der Waals surface area (Å²) in [4.78, 5) is 12.4. The van der Waals surface area contributed by atoms with Crippen LogP contribution in [0.2, 0.25) is 0 Å². The highest BCUT2D eigenvalue weighted by Gasteiger charge is 2.42. The lowest BCUT2D eigenvalue weighted by Gasteiger charge is -2.20. The summed E-state index contributed by atoms with van der Waals surface area (Å²) < 4.78 is 0. The Morgan fingerprint density at radius 1 is 1.20 bits per heavy atom. The van der Waals surface area contributed by atoms with Crippen molar-refractivity contribution in [2.24, 2.45) is 5.92 Å². The van der Waals surface area contributed by atoms with Crippen molar-refractivity contribution in [1.29, 1.82) is 0 Å². The molecule has 1 N–H and O–H groups in total. The Bertz CT molecular complexity index is 497. The highest BCUT2D eigenvalue weighted by atomic mass is 16.1. The first-order valence-electron chi connectivity index (χ1n) is 7.81. The Labute approximate surface area is 122 Å². The summed E-state index contributed by atoms with van der Waals surface area (Å²) in [6.45, 7) is 6.65. The molecule has 0 radical (unpaired) electrons. The number of hydrogen-bond acceptors (Lipinski definition) is 2. The quantitative estimate of drug-likeness (QED) is 0.914. The van der Waals surface area contributed by atoms with E-state index in [0.717, 1.165) is 12.0 Å². The fraction of sp³-hybridized carbons (Fsp3) is 0.611. The summed E-state index contributed by atoms with van der Waals surface area (Å²) in [7, 11) is 0. The number of carbonyl (C=O) groups excluding carboxylic acids is 1. The Hall–Kier alpha value is -1.15. The molecule has 2 fully saturated rings. The van der Waals surface area contributed by atoms with Crippen LogP contribution in [0.4, 0.5) is 0 Å². The second-order valence-corrected chi connectivity index (χ2v) is 7.48. The van der Waals surface area contributed by atoms with Gasteiger partial charge in [-0.05, 0) is 35.8 Å². The van der Waals surface area contributed by atoms with Crippen molar-refractivity contribution < 1.29 is 4.79 Å². The van der Waals surface area contributed by atoms with Gasteiger partial charge in [-0.2, -0.15) is 0 Å². The maximum absolute atomic E-state index is 12.4. The predicted octanol–water partition coefficient (Wildman–Crippen LogP) is 3.24. The van der Waals surface area contributed by atoms with Crippen molar-refractivity contribution in [2.45, 2.75) is 64.0 Å². The van der Waals surface area contributed by atoms with Gasteiger partial charge in [0, 0.05) is 24.4 Å². The van der Waals surface area contributed by atoms with E-state index in [9.17, 15) is 4.79 Å². The second-order valence-electron chi connectivity index (χ2n) is 7.48. The largest absolute Gasteiger partial charge is 0.310 e. The average Bonchev–Trinajstić information content (AvgIpc) is 3.00. The molecule has 2 heteroatoms. The molecule has 0 amide bonds. The molecule has 2 bridgehead atoms. The highest BCUT2D eigenvalue weighted by molar-refractivity contribution is 5.84. The van der Waals surface area contributed by atoms with Gasteiger partial charge < -0.3 is 5.32 Å². The van der Waals surface area contributed by atoms with Crippen molar-refractivity contribution >= 4 is 5.78 Å². The first kappa shape index (κ1) is 13.8. The van der Waals surface area contributed by atoms with Crippen LogP contribution in [0.15, 0.2) is 24.3 Å². The predicted molar refractivity (Wildman–Crippen MR) is 81.9 cm³/mol. The van der Waals surface area contributed by atoms with Crippen molar-refractivity contribution in [1.82, 2.24) is 5.32 Å². The van der Waals surface area contributed by atoms with Crippen LogP contribution in [0.1, 0.15) is 51.2 Å². The molecule has 3 unspecified atom stereocenters. The summed E-state index contributed by atoms with van der Waals surface area (Å²) in [6, 6.07) is 9.65. The lowest BCUT2D eigenvalue weighted by molar-refractivity contribution is -0.122. The van der Waals surface area contributed by atoms with E-state index >= 15 is 0 Å². The Kier molecular flexibility index (Phi) is 3.45. The van der Waals surface area contributed by atoms with Crippen LogP contribution in [0.3, 0.4) is 0 Å². The molecular weight excluding hydrogens is 246 g/mol. The molecule has 2 aliphatic rings. The fourth-order valence-corrected chi connectivity index (χ4v) is 3.63. The van der Waals surface area contributed by atoms with Crippen LogP contribution in [-0.4, -0.2) is 17.9 Å². The van der Waals surface area contributed by atoms with E-state index in [1.54, 1.807) is 0 Å². The molecule has 0 saturated carbocycles. The molecule has 0 spiro atoms. The van der Waals surface area contributed by atoms with Crippen molar-refractivity contribution in [2.75, 3.05) is 0 Å². The van der Waals surface area contributed by atoms with Gasteiger partial charge in [0.25, 0.3) is 0 Å². The SMILES string of the molecule is CC(C)(C)c1ccc(CC(=O)C2CC3CCC2N3)cc1. The Balaban J connectivity index is 1.64. The minimum Gasteiger partial charge on any atom is -0.310 e. The Morgan fingerprint density at radius 2 is 1.90 bits per heavy atom. The van der Waals surface area contributed by atoms with Gasteiger partial charge >= 0.3 is 0 Å². The molecule has 1 aromatic rings. The lowest BCUT2D eigenvalue weighted by atomic mass is 9.83. The van der Waals surface area contributed by atoms with Gasteiger partial charge in [0.1, 0.15) is 5.78 Å². The van der Waals surface area contributed by atoms with Gasteiger partial charge in [-0.1, -0.05) is 45.0 Å². The first-order valence-corrected chi connectivity index (χ1v) is 7.81. The Morgan fingerprint density at radius 3 is 2.40 bits per heavy atom. The number of fused-ring (bicyclic) bond motifs is 2. The standard InChI is InChI=1S/C18H25NO/c1-18(2,3)13-6-4-12(5-7-13)10-17(20)15-11-14-8-9-16(15)19-14/h4-7,14-16,19H,8-11H2,1-3H3. The van der Waals surface area contributed by atoms with Crippen LogP contribution >= 0.6 is 0 Å². The average molecular weight is 271 g/mol. The van der Waals surface area contributed by atoms with Crippen LogP contribution in [0.25, 0.3) is 0 Å². The molecule has 2 nitrogen and oxygen atoms in total. The zero-order valence-corrected chi connectivity index (χ0v) is 12.8. The molecule has 2 heterocycles. The van der Waals surface area contributed by atoms with E-state index in [1.807, 2.05) is 0 Å². The second kappa shape index (κ2) is 5.00. The summed E-state index contributed by atoms with van der Waals surface area (Å²) >= 11 is 0. The highest BCUT2D eigenvalue weighted by Crippen LogP contribution is 2.34. The van der Waals surface area contributed by atoms with E-state index in [1.165, 1.54) is 18.4 Å². The maximum atomic E-state index is 12.4. The summed E-state index contributed by atoms with van der Waals surface area (Å²) in [5.74, 6) is 0.684. The molecule has 20 heavy (non-hydrogen) atoms. The van der Waals surface area contributed by atoms with Crippen molar-refractivity contribution in [3.8, 4) is 0 Å². The zero-order chi connectivity index (χ0) is 14.3. The van der Waals surface area contributed by atoms with Crippen molar-refractivity contribution in [3.63, 3.8) is 0 Å². The monoisotopic (exact) mass is 271 g/mol. The molecule has 0 aromatic heterocycles. The third kappa shape index (κ3) is 2.67. The minimum atomic E-state index is 0.178. The molecule has 3 rings (SSSR count). The number of carbonyl (C=O) groups is 1. The number of Topliss-reactive ketones (excluding diaryl/α,β-unsaturated/α-hetero) is 1. The zero-order valence-electron chi connectivity index (χ0n) is 12.8. The first-order chi connectivity index (χ1) is 9.43. The third-order valence-corrected chi connectivity index (χ3v) is 4.91. The summed E-state index contributed by atoms with van der Waals surface area (Å²) in [6.07, 6.45) is 4.10. The van der Waals surface area contributed by atoms with Crippen LogP contribution in [0, 0.1) is 5.92 Å². The summed E-state index contributed by atoms with van der Waals surface area (Å²) in [5, 5.41) is 3.55. The summed E-state index contributed by atoms with van der Waals surface area (Å²) in [5.41, 5.74) is 2.66. The number of nitrogens with one attached hydrogen (secondary N) is 1. The van der Waals surface area contributed by atoms with Gasteiger partial charge in [0.05, 0.1) is 0 Å². The number of rotatable bonds is 3. The van der Waals surface area contributed by atoms with Gasteiger partial charge in [-0.15, -0.1) is 0 Å². The lowest BCUT2D eigenvalue weighted by Crippen LogP contribution is -2.29. The van der Waals surface area contributed by atoms with E-state index in [4.69, 9.17) is 0 Å². The fourth-order valence-electron chi connectivity index (χ4n) is 3.63. The van der Waals surface area contributed by atoms with Crippen LogP contribution < -0.4 is 5.32 Å². The molecule has 2 aliphatic heterocycles. The molecule has 0 aliphatic carbocycles. The number of benzene rings is 1. The topological polar surface area (TPSA) is 29.1 Å². The van der Waals surface area contributed by atoms with Gasteiger partial charge in [0.15, 0.2) is 0 Å². The van der Waals surface area contributed by atoms with Gasteiger partial charge in [0.2, 0.25) is 0 Å². The number of ketones is 1.